The van der Waals surface area contributed by atoms with Crippen molar-refractivity contribution in [3.8, 4) is 0 Å². The number of nitrogens with zero attached hydrogens (tertiary/aromatic N) is 6. The zero-order valence-corrected chi connectivity index (χ0v) is 21.1. The number of aliphatic hydroxyl groups excluding tert-OH is 1. The average Bonchev–Trinajstić information content (AvgIpc) is 3.66. The molecule has 0 bridgehead atoms. The summed E-state index contributed by atoms with van der Waals surface area (Å²) in [6, 6.07) is -0.405. The topological polar surface area (TPSA) is 216 Å². The second-order valence-electron chi connectivity index (χ2n) is 8.88. The minimum absolute atomic E-state index is 0.133. The van der Waals surface area contributed by atoms with E-state index < -0.39 is 50.5 Å². The number of imidazole rings is 2. The lowest BCUT2D eigenvalue weighted by atomic mass is 10.1. The summed E-state index contributed by atoms with van der Waals surface area (Å²) in [5, 5.41) is 12.7. The van der Waals surface area contributed by atoms with Crippen LogP contribution in [0.1, 0.15) is 19.1 Å². The number of aromatic amines is 1. The maximum atomic E-state index is 12.5. The number of anilines is 1. The number of aliphatic hydroxyl groups is 1. The number of carbonyl (C=O) groups is 1. The molecule has 2 saturated heterocycles. The summed E-state index contributed by atoms with van der Waals surface area (Å²) >= 11 is 0. The molecule has 0 radical (unpaired) electrons. The van der Waals surface area contributed by atoms with Gasteiger partial charge in [0.05, 0.1) is 19.7 Å². The molecule has 0 amide bonds. The van der Waals surface area contributed by atoms with Gasteiger partial charge in [0.15, 0.2) is 13.1 Å². The van der Waals surface area contributed by atoms with E-state index in [0.29, 0.717) is 13.0 Å². The van der Waals surface area contributed by atoms with E-state index in [1.807, 2.05) is 0 Å². The number of nitrogens with one attached hydrogen (secondary N) is 1. The van der Waals surface area contributed by atoms with E-state index in [1.54, 1.807) is 7.05 Å². The van der Waals surface area contributed by atoms with E-state index >= 15 is 0 Å². The van der Waals surface area contributed by atoms with Gasteiger partial charge in [-0.3, -0.25) is 28.1 Å². The lowest BCUT2D eigenvalue weighted by Gasteiger charge is -2.27. The van der Waals surface area contributed by atoms with Crippen LogP contribution in [0.2, 0.25) is 0 Å². The van der Waals surface area contributed by atoms with Crippen LogP contribution in [0, 0.1) is 0 Å². The molecular weight excluding hydrogens is 527 g/mol. The van der Waals surface area contributed by atoms with Gasteiger partial charge in [-0.15, -0.1) is 0 Å². The van der Waals surface area contributed by atoms with Gasteiger partial charge in [0.25, 0.3) is 11.5 Å². The SMILES string of the molecule is Cn1c[n+]([C@@H]2O[C@H](COP(=O)([O-])n3ccnc3)[C@H](OCON3CCC[C@H]3C=O)C2O)c2nc(N)[nH]c(=O)c21. The smallest absolute Gasteiger partial charge is 0.313 e. The van der Waals surface area contributed by atoms with Gasteiger partial charge in [-0.25, -0.2) is 9.55 Å². The van der Waals surface area contributed by atoms with Crippen molar-refractivity contribution < 1.29 is 42.8 Å². The molecule has 4 N–H and O–H groups in total. The first kappa shape index (κ1) is 26.6. The molecule has 5 rings (SSSR count). The Morgan fingerprint density at radius 2 is 2.29 bits per heavy atom. The summed E-state index contributed by atoms with van der Waals surface area (Å²) in [4.78, 5) is 52.0. The number of nitrogens with two attached hydrogens (primary N) is 1. The number of hydroxylamine groups is 2. The van der Waals surface area contributed by atoms with Gasteiger partial charge >= 0.3 is 5.65 Å². The maximum Gasteiger partial charge on any atom is 0.313 e. The van der Waals surface area contributed by atoms with Crippen molar-refractivity contribution in [1.82, 2.24) is 28.9 Å². The molecule has 3 aromatic heterocycles. The summed E-state index contributed by atoms with van der Waals surface area (Å²) < 4.78 is 33.2. The lowest BCUT2D eigenvalue weighted by Crippen LogP contribution is -2.47. The van der Waals surface area contributed by atoms with Crippen LogP contribution in [-0.4, -0.2) is 84.6 Å². The van der Waals surface area contributed by atoms with Gasteiger partial charge in [0.2, 0.25) is 19.5 Å². The van der Waals surface area contributed by atoms with Crippen LogP contribution in [0.5, 0.6) is 0 Å². The van der Waals surface area contributed by atoms with E-state index in [2.05, 4.69) is 15.0 Å². The van der Waals surface area contributed by atoms with Crippen molar-refractivity contribution in [3.05, 3.63) is 35.4 Å². The zero-order valence-electron chi connectivity index (χ0n) is 20.2. The molecule has 2 unspecified atom stereocenters. The van der Waals surface area contributed by atoms with Crippen molar-refractivity contribution in [2.75, 3.05) is 25.7 Å². The van der Waals surface area contributed by atoms with Gasteiger partial charge in [0.1, 0.15) is 30.9 Å². The third-order valence-electron chi connectivity index (χ3n) is 6.43. The van der Waals surface area contributed by atoms with E-state index in [1.165, 1.54) is 32.9 Å². The van der Waals surface area contributed by atoms with Crippen LogP contribution in [0.4, 0.5) is 5.95 Å². The number of ether oxygens (including phenoxy) is 2. The number of aldehydes is 1. The molecule has 0 aliphatic carbocycles. The monoisotopic (exact) mass is 554 g/mol. The first-order chi connectivity index (χ1) is 18.2. The number of fused-ring (bicyclic) bond motifs is 1. The highest BCUT2D eigenvalue weighted by Crippen LogP contribution is 2.40. The Morgan fingerprint density at radius 3 is 3.03 bits per heavy atom. The minimum Gasteiger partial charge on any atom is -0.761 e. The van der Waals surface area contributed by atoms with Gasteiger partial charge < -0.3 is 34.5 Å². The van der Waals surface area contributed by atoms with E-state index in [9.17, 15) is 24.2 Å². The zero-order chi connectivity index (χ0) is 27.0. The lowest BCUT2D eigenvalue weighted by molar-refractivity contribution is -0.745. The molecule has 18 heteroatoms. The molecule has 2 fully saturated rings. The molecule has 206 valence electrons. The second kappa shape index (κ2) is 10.6. The molecule has 3 aromatic rings. The van der Waals surface area contributed by atoms with E-state index in [-0.39, 0.29) is 23.9 Å². The number of rotatable bonds is 10. The van der Waals surface area contributed by atoms with Crippen LogP contribution in [0.25, 0.3) is 11.2 Å². The average molecular weight is 554 g/mol. The van der Waals surface area contributed by atoms with Crippen LogP contribution in [0.3, 0.4) is 0 Å². The van der Waals surface area contributed by atoms with Crippen LogP contribution < -0.4 is 20.8 Å². The summed E-state index contributed by atoms with van der Waals surface area (Å²) in [6.45, 7) is -0.330. The molecule has 6 atom stereocenters. The third kappa shape index (κ3) is 5.02. The molecule has 2 aliphatic rings. The highest BCUT2D eigenvalue weighted by atomic mass is 31.2. The van der Waals surface area contributed by atoms with Crippen LogP contribution >= 0.6 is 7.75 Å². The Labute approximate surface area is 214 Å². The van der Waals surface area contributed by atoms with Crippen molar-refractivity contribution in [2.45, 2.75) is 43.4 Å². The highest BCUT2D eigenvalue weighted by Gasteiger charge is 2.49. The van der Waals surface area contributed by atoms with Gasteiger partial charge in [-0.2, -0.15) is 5.06 Å². The molecule has 0 aromatic carbocycles. The number of hydrogen-bond acceptors (Lipinski definition) is 13. The largest absolute Gasteiger partial charge is 0.761 e. The van der Waals surface area contributed by atoms with Crippen LogP contribution in [-0.2, 0) is 35.2 Å². The minimum atomic E-state index is -4.57. The Morgan fingerprint density at radius 1 is 1.47 bits per heavy atom. The molecule has 17 nitrogen and oxygen atoms in total. The first-order valence-electron chi connectivity index (χ1n) is 11.7. The molecular formula is C20H27N8O9P. The van der Waals surface area contributed by atoms with Crippen molar-refractivity contribution in [2.24, 2.45) is 7.05 Å². The molecule has 0 saturated carbocycles. The van der Waals surface area contributed by atoms with Crippen molar-refractivity contribution >= 4 is 31.1 Å². The standard InChI is InChI=1S/C20H27N8O9P/c1-25-10-27(17-14(25)18(31)24-20(21)23-17)19-15(30)16(34-11-35-28-5-2-3-12(28)7-29)13(37-19)8-36-38(32,33)26-6-4-22-9-26/h4,6-7,9-10,12-13,15-16,19,30H,2-3,5,8,11H2,1H3,(H3-,21,23,24,31,32,33)/t12-,13+,15?,16-,19+/m0/s1. The number of hydrogen-bond donors (Lipinski definition) is 3. The normalized spacial score (nSPS) is 27.7. The Hall–Kier alpha value is -3.02. The molecule has 38 heavy (non-hydrogen) atoms. The molecule has 5 heterocycles. The van der Waals surface area contributed by atoms with Gasteiger partial charge in [-0.05, 0) is 12.8 Å². The third-order valence-corrected chi connectivity index (χ3v) is 7.71. The second-order valence-corrected chi connectivity index (χ2v) is 10.5. The van der Waals surface area contributed by atoms with Crippen molar-refractivity contribution in [3.63, 3.8) is 0 Å². The Kier molecular flexibility index (Phi) is 7.43. The summed E-state index contributed by atoms with van der Waals surface area (Å²) in [7, 11) is -2.96. The van der Waals surface area contributed by atoms with Gasteiger partial charge in [0, 0.05) is 18.9 Å². The van der Waals surface area contributed by atoms with Gasteiger partial charge in [-0.1, -0.05) is 4.98 Å². The fourth-order valence-electron chi connectivity index (χ4n) is 4.61. The van der Waals surface area contributed by atoms with E-state index in [4.69, 9.17) is 24.6 Å². The Bertz CT molecular complexity index is 1400. The quantitative estimate of drug-likeness (QED) is 0.103. The fraction of sp³-hybridized carbons (Fsp3) is 0.550. The van der Waals surface area contributed by atoms with E-state index in [0.717, 1.165) is 23.4 Å². The predicted molar refractivity (Wildman–Crippen MR) is 124 cm³/mol. The number of aromatic nitrogens is 6. The summed E-state index contributed by atoms with van der Waals surface area (Å²) in [5.41, 5.74) is 5.54. The number of aryl methyl sites for hydroxylation is 1. The highest BCUT2D eigenvalue weighted by molar-refractivity contribution is 7.49. The Balaban J connectivity index is 1.38. The number of nitrogen functional groups attached to an aromatic ring is 1. The maximum absolute atomic E-state index is 12.5. The van der Waals surface area contributed by atoms with Crippen LogP contribution in [0.15, 0.2) is 29.8 Å². The predicted octanol–water partition coefficient (Wildman–Crippen LogP) is -2.44. The first-order valence-corrected chi connectivity index (χ1v) is 13.2. The molecule has 2 aliphatic heterocycles. The number of carbonyl (C=O) groups excluding carboxylic acids is 1. The summed E-state index contributed by atoms with van der Waals surface area (Å²) in [5.74, 6) is -0.140. The number of H-pyrrole nitrogens is 1. The molecule has 0 spiro atoms. The fourth-order valence-corrected chi connectivity index (χ4v) is 5.49. The van der Waals surface area contributed by atoms with Crippen molar-refractivity contribution in [1.29, 1.82) is 0 Å². The summed E-state index contributed by atoms with van der Waals surface area (Å²) in [6.07, 6.45) is 2.52.